The lowest BCUT2D eigenvalue weighted by molar-refractivity contribution is -0.385. The molecule has 0 aliphatic rings. The first-order valence-corrected chi connectivity index (χ1v) is 12.0. The highest BCUT2D eigenvalue weighted by molar-refractivity contribution is 6.01. The fourth-order valence-electron chi connectivity index (χ4n) is 3.97. The Morgan fingerprint density at radius 1 is 0.925 bits per heavy atom. The van der Waals surface area contributed by atoms with Gasteiger partial charge < -0.3 is 24.3 Å². The van der Waals surface area contributed by atoms with Crippen molar-refractivity contribution < 1.29 is 33.5 Å². The highest BCUT2D eigenvalue weighted by Crippen LogP contribution is 2.32. The van der Waals surface area contributed by atoms with Crippen LogP contribution in [0.3, 0.4) is 0 Å². The molecule has 1 atom stereocenters. The number of amides is 2. The van der Waals surface area contributed by atoms with Crippen LogP contribution in [0.15, 0.2) is 77.4 Å². The number of nitro benzene ring substituents is 1. The zero-order valence-electron chi connectivity index (χ0n) is 21.8. The first kappa shape index (κ1) is 27.5. The Hall–Kier alpha value is -5.52. The Morgan fingerprint density at radius 2 is 1.62 bits per heavy atom. The summed E-state index contributed by atoms with van der Waals surface area (Å²) < 4.78 is 16.0. The van der Waals surface area contributed by atoms with Crippen molar-refractivity contribution >= 4 is 23.2 Å². The minimum absolute atomic E-state index is 0.0421. The largest absolute Gasteiger partial charge is 0.502 e. The van der Waals surface area contributed by atoms with Crippen molar-refractivity contribution in [3.05, 3.63) is 100.0 Å². The quantitative estimate of drug-likeness (QED) is 0.170. The number of methoxy groups -OCH3 is 2. The number of hydrogen-bond donors (Lipinski definition) is 4. The smallest absolute Gasteiger partial charge is 0.311 e. The summed E-state index contributed by atoms with van der Waals surface area (Å²) in [7, 11) is 3.17. The van der Waals surface area contributed by atoms with Crippen LogP contribution in [0.5, 0.6) is 17.2 Å². The molecule has 40 heavy (non-hydrogen) atoms. The third-order valence-corrected chi connectivity index (χ3v) is 6.08. The molecule has 0 aliphatic heterocycles. The van der Waals surface area contributed by atoms with E-state index in [0.29, 0.717) is 22.6 Å². The average molecular weight is 547 g/mol. The molecule has 4 rings (SSSR count). The molecule has 4 N–H and O–H groups in total. The van der Waals surface area contributed by atoms with E-state index in [0.717, 1.165) is 23.4 Å². The number of ether oxygens (including phenoxy) is 2. The highest BCUT2D eigenvalue weighted by Gasteiger charge is 2.20. The zero-order valence-corrected chi connectivity index (χ0v) is 21.8. The van der Waals surface area contributed by atoms with Gasteiger partial charge in [-0.3, -0.25) is 30.6 Å². The summed E-state index contributed by atoms with van der Waals surface area (Å²) in [6.07, 6.45) is 1.35. The van der Waals surface area contributed by atoms with Crippen molar-refractivity contribution in [2.75, 3.05) is 19.5 Å². The summed E-state index contributed by atoms with van der Waals surface area (Å²) >= 11 is 0. The minimum atomic E-state index is -0.822. The summed E-state index contributed by atoms with van der Waals surface area (Å²) in [5.74, 6) is -0.893. The first-order valence-electron chi connectivity index (χ1n) is 12.0. The SMILES string of the molecule is COc1ccc(C(C)Nc2ccc(-c3ccoc3C(=O)NNC(=O)c3ccc(O)c([N+](=O)[O-])c3)cc2)cc1OC. The number of hydrogen-bond acceptors (Lipinski definition) is 9. The molecule has 0 radical (unpaired) electrons. The Labute approximate surface area is 228 Å². The predicted octanol–water partition coefficient (Wildman–Crippen LogP) is 4.83. The number of carbonyl (C=O) groups is 2. The van der Waals surface area contributed by atoms with Crippen LogP contribution in [0.2, 0.25) is 0 Å². The molecule has 12 heteroatoms. The lowest BCUT2D eigenvalue weighted by Gasteiger charge is -2.18. The number of furan rings is 1. The van der Waals surface area contributed by atoms with Gasteiger partial charge in [-0.15, -0.1) is 0 Å². The minimum Gasteiger partial charge on any atom is -0.502 e. The van der Waals surface area contributed by atoms with E-state index in [1.54, 1.807) is 20.3 Å². The normalized spacial score (nSPS) is 11.3. The second-order valence-electron chi connectivity index (χ2n) is 8.59. The Balaban J connectivity index is 1.41. The molecule has 3 aromatic carbocycles. The van der Waals surface area contributed by atoms with E-state index in [2.05, 4.69) is 16.2 Å². The van der Waals surface area contributed by atoms with Gasteiger partial charge in [0, 0.05) is 28.9 Å². The van der Waals surface area contributed by atoms with Crippen LogP contribution in [0.1, 0.15) is 39.4 Å². The monoisotopic (exact) mass is 546 g/mol. The molecular weight excluding hydrogens is 520 g/mol. The van der Waals surface area contributed by atoms with Gasteiger partial charge in [0.25, 0.3) is 5.91 Å². The van der Waals surface area contributed by atoms with Gasteiger partial charge >= 0.3 is 11.6 Å². The molecule has 0 saturated carbocycles. The molecule has 0 bridgehead atoms. The summed E-state index contributed by atoms with van der Waals surface area (Å²) in [6.45, 7) is 2.01. The number of rotatable bonds is 9. The van der Waals surface area contributed by atoms with Crippen LogP contribution in [0.25, 0.3) is 11.1 Å². The van der Waals surface area contributed by atoms with Crippen LogP contribution >= 0.6 is 0 Å². The number of anilines is 1. The predicted molar refractivity (Wildman–Crippen MR) is 145 cm³/mol. The van der Waals surface area contributed by atoms with Crippen LogP contribution in [-0.4, -0.2) is 36.1 Å². The summed E-state index contributed by atoms with van der Waals surface area (Å²) in [4.78, 5) is 35.3. The van der Waals surface area contributed by atoms with Gasteiger partial charge in [-0.2, -0.15) is 0 Å². The number of phenols is 1. The van der Waals surface area contributed by atoms with Gasteiger partial charge in [0.05, 0.1) is 25.4 Å². The number of hydrazine groups is 1. The number of nitrogens with zero attached hydrogens (tertiary/aromatic N) is 1. The third-order valence-electron chi connectivity index (χ3n) is 6.08. The van der Waals surface area contributed by atoms with Crippen molar-refractivity contribution in [1.82, 2.24) is 10.9 Å². The van der Waals surface area contributed by atoms with Gasteiger partial charge in [0.2, 0.25) is 5.76 Å². The topological polar surface area (TPSA) is 165 Å². The van der Waals surface area contributed by atoms with Crippen LogP contribution < -0.4 is 25.6 Å². The third kappa shape index (κ3) is 5.96. The molecule has 0 fully saturated rings. The Morgan fingerprint density at radius 3 is 2.30 bits per heavy atom. The molecule has 0 saturated heterocycles. The first-order chi connectivity index (χ1) is 19.2. The Bertz CT molecular complexity index is 1550. The number of aromatic hydroxyl groups is 1. The summed E-state index contributed by atoms with van der Waals surface area (Å²) in [5.41, 5.74) is 6.68. The second-order valence-corrected chi connectivity index (χ2v) is 8.59. The van der Waals surface area contributed by atoms with Crippen LogP contribution in [0, 0.1) is 10.1 Å². The highest BCUT2D eigenvalue weighted by atomic mass is 16.6. The standard InChI is InChI=1S/C28H26N4O8/c1-16(18-7-11-24(38-2)25(15-18)39-3)29-20-8-4-17(5-9-20)21-12-13-40-26(21)28(35)31-30-27(34)19-6-10-23(33)22(14-19)32(36)37/h4-16,29,33H,1-3H3,(H,30,34)(H,31,35). The molecular formula is C28H26N4O8. The van der Waals surface area contributed by atoms with E-state index < -0.39 is 28.2 Å². The molecule has 4 aromatic rings. The van der Waals surface area contributed by atoms with E-state index in [1.807, 2.05) is 49.4 Å². The number of benzene rings is 3. The molecule has 1 heterocycles. The van der Waals surface area contributed by atoms with E-state index in [1.165, 1.54) is 12.3 Å². The van der Waals surface area contributed by atoms with Crippen molar-refractivity contribution in [3.8, 4) is 28.4 Å². The lowest BCUT2D eigenvalue weighted by Crippen LogP contribution is -2.41. The van der Waals surface area contributed by atoms with E-state index >= 15 is 0 Å². The van der Waals surface area contributed by atoms with Gasteiger partial charge in [-0.1, -0.05) is 18.2 Å². The second kappa shape index (κ2) is 11.9. The fourth-order valence-corrected chi connectivity index (χ4v) is 3.97. The van der Waals surface area contributed by atoms with Gasteiger partial charge in [0.15, 0.2) is 17.2 Å². The van der Waals surface area contributed by atoms with Crippen LogP contribution in [-0.2, 0) is 0 Å². The Kier molecular flexibility index (Phi) is 8.19. The van der Waals surface area contributed by atoms with Crippen molar-refractivity contribution in [2.24, 2.45) is 0 Å². The molecule has 0 aliphatic carbocycles. The lowest BCUT2D eigenvalue weighted by atomic mass is 10.0. The average Bonchev–Trinajstić information content (AvgIpc) is 3.46. The molecule has 0 spiro atoms. The molecule has 1 aromatic heterocycles. The molecule has 1 unspecified atom stereocenters. The number of nitrogens with one attached hydrogen (secondary N) is 3. The van der Waals surface area contributed by atoms with Gasteiger partial charge in [-0.25, -0.2) is 0 Å². The van der Waals surface area contributed by atoms with Crippen molar-refractivity contribution in [1.29, 1.82) is 0 Å². The van der Waals surface area contributed by atoms with E-state index in [-0.39, 0.29) is 17.4 Å². The molecule has 12 nitrogen and oxygen atoms in total. The number of phenolic OH excluding ortho intramolecular Hbond substituents is 1. The summed E-state index contributed by atoms with van der Waals surface area (Å²) in [5, 5.41) is 24.0. The van der Waals surface area contributed by atoms with E-state index in [4.69, 9.17) is 13.9 Å². The maximum Gasteiger partial charge on any atom is 0.311 e. The van der Waals surface area contributed by atoms with E-state index in [9.17, 15) is 24.8 Å². The molecule has 206 valence electrons. The van der Waals surface area contributed by atoms with Crippen LogP contribution in [0.4, 0.5) is 11.4 Å². The van der Waals surface area contributed by atoms with Gasteiger partial charge in [0.1, 0.15) is 0 Å². The zero-order chi connectivity index (χ0) is 28.8. The maximum atomic E-state index is 12.7. The fraction of sp³-hybridized carbons (Fsp3) is 0.143. The number of carbonyl (C=O) groups excluding carboxylic acids is 2. The number of nitro groups is 1. The van der Waals surface area contributed by atoms with Crippen molar-refractivity contribution in [3.63, 3.8) is 0 Å². The van der Waals surface area contributed by atoms with Gasteiger partial charge in [-0.05, 0) is 60.5 Å². The molecule has 2 amide bonds. The van der Waals surface area contributed by atoms with Crippen molar-refractivity contribution in [2.45, 2.75) is 13.0 Å². The maximum absolute atomic E-state index is 12.7. The summed E-state index contributed by atoms with van der Waals surface area (Å²) in [6, 6.07) is 17.7.